The van der Waals surface area contributed by atoms with E-state index in [1.54, 1.807) is 6.08 Å². The van der Waals surface area contributed by atoms with Crippen LogP contribution in [0.1, 0.15) is 51.9 Å². The highest BCUT2D eigenvalue weighted by Crippen LogP contribution is 2.26. The van der Waals surface area contributed by atoms with E-state index < -0.39 is 0 Å². The van der Waals surface area contributed by atoms with Gasteiger partial charge in [0.1, 0.15) is 0 Å². The Morgan fingerprint density at radius 3 is 2.94 bits per heavy atom. The second kappa shape index (κ2) is 9.67. The molecule has 0 aromatic carbocycles. The Hall–Kier alpha value is -0.340. The van der Waals surface area contributed by atoms with Gasteiger partial charge in [-0.3, -0.25) is 0 Å². The summed E-state index contributed by atoms with van der Waals surface area (Å²) in [7, 11) is 0. The maximum atomic E-state index is 5.38. The van der Waals surface area contributed by atoms with Gasteiger partial charge < -0.3 is 10.1 Å². The van der Waals surface area contributed by atoms with Crippen molar-refractivity contribution in [2.75, 3.05) is 19.8 Å². The number of rotatable bonds is 8. The predicted octanol–water partition coefficient (Wildman–Crippen LogP) is 3.53. The maximum absolute atomic E-state index is 5.38. The first kappa shape index (κ1) is 14.7. The third kappa shape index (κ3) is 6.85. The molecule has 0 saturated heterocycles. The zero-order valence-electron chi connectivity index (χ0n) is 11.4. The van der Waals surface area contributed by atoms with Crippen LogP contribution < -0.4 is 5.32 Å². The van der Waals surface area contributed by atoms with Crippen molar-refractivity contribution < 1.29 is 4.74 Å². The Morgan fingerprint density at radius 2 is 2.18 bits per heavy atom. The van der Waals surface area contributed by atoms with Crippen LogP contribution in [0.3, 0.4) is 0 Å². The van der Waals surface area contributed by atoms with Gasteiger partial charge in [-0.25, -0.2) is 0 Å². The van der Waals surface area contributed by atoms with Gasteiger partial charge in [-0.05, 0) is 25.2 Å². The van der Waals surface area contributed by atoms with Crippen LogP contribution in [-0.4, -0.2) is 25.8 Å². The van der Waals surface area contributed by atoms with Crippen molar-refractivity contribution in [1.82, 2.24) is 5.32 Å². The van der Waals surface area contributed by atoms with E-state index in [4.69, 9.17) is 4.74 Å². The molecule has 1 rings (SSSR count). The summed E-state index contributed by atoms with van der Waals surface area (Å²) >= 11 is 0. The van der Waals surface area contributed by atoms with Crippen molar-refractivity contribution in [1.29, 1.82) is 0 Å². The number of ether oxygens (including phenoxy) is 1. The Balaban J connectivity index is 2.07. The van der Waals surface area contributed by atoms with Crippen LogP contribution in [0, 0.1) is 5.92 Å². The minimum atomic E-state index is 0.672. The van der Waals surface area contributed by atoms with Gasteiger partial charge >= 0.3 is 0 Å². The van der Waals surface area contributed by atoms with Crippen LogP contribution in [0.4, 0.5) is 0 Å². The number of nitrogens with one attached hydrogen (secondary N) is 1. The molecule has 2 atom stereocenters. The minimum absolute atomic E-state index is 0.672. The Kier molecular flexibility index (Phi) is 8.37. The molecule has 0 aliphatic heterocycles. The highest BCUT2D eigenvalue weighted by atomic mass is 16.5. The zero-order valence-corrected chi connectivity index (χ0v) is 11.4. The lowest BCUT2D eigenvalue weighted by molar-refractivity contribution is 0.160. The van der Waals surface area contributed by atoms with Gasteiger partial charge in [0.25, 0.3) is 0 Å². The monoisotopic (exact) mass is 239 g/mol. The van der Waals surface area contributed by atoms with Crippen LogP contribution in [0.5, 0.6) is 0 Å². The maximum Gasteiger partial charge on any atom is 0.0645 e. The lowest BCUT2D eigenvalue weighted by atomic mass is 9.95. The van der Waals surface area contributed by atoms with E-state index >= 15 is 0 Å². The second-order valence-electron chi connectivity index (χ2n) is 5.18. The average molecular weight is 239 g/mol. The van der Waals surface area contributed by atoms with Gasteiger partial charge in [-0.15, -0.1) is 6.58 Å². The van der Waals surface area contributed by atoms with Crippen molar-refractivity contribution in [2.45, 2.75) is 57.9 Å². The molecule has 2 heteroatoms. The molecule has 0 aromatic rings. The first-order valence-electron chi connectivity index (χ1n) is 7.28. The zero-order chi connectivity index (χ0) is 12.3. The van der Waals surface area contributed by atoms with Gasteiger partial charge in [0.05, 0.1) is 13.2 Å². The molecule has 1 fully saturated rings. The molecular formula is C15H29NO. The fraction of sp³-hybridized carbons (Fsp3) is 0.867. The molecule has 0 spiro atoms. The third-order valence-electron chi connectivity index (χ3n) is 3.70. The normalized spacial score (nSPS) is 25.5. The van der Waals surface area contributed by atoms with Gasteiger partial charge in [-0.1, -0.05) is 38.7 Å². The largest absolute Gasteiger partial charge is 0.376 e. The summed E-state index contributed by atoms with van der Waals surface area (Å²) < 4.78 is 5.38. The summed E-state index contributed by atoms with van der Waals surface area (Å²) in [6.07, 6.45) is 11.5. The van der Waals surface area contributed by atoms with E-state index in [2.05, 4.69) is 18.8 Å². The molecule has 0 heterocycles. The van der Waals surface area contributed by atoms with Crippen LogP contribution >= 0.6 is 0 Å². The summed E-state index contributed by atoms with van der Waals surface area (Å²) in [6, 6.07) is 0.726. The SMILES string of the molecule is C=CCOCCNC1CCCC(CCC)CC1. The van der Waals surface area contributed by atoms with Crippen LogP contribution in [0.25, 0.3) is 0 Å². The fourth-order valence-electron chi connectivity index (χ4n) is 2.78. The molecule has 0 radical (unpaired) electrons. The molecule has 1 saturated carbocycles. The summed E-state index contributed by atoms with van der Waals surface area (Å²) in [5.74, 6) is 0.990. The van der Waals surface area contributed by atoms with Gasteiger partial charge in [0.2, 0.25) is 0 Å². The highest BCUT2D eigenvalue weighted by Gasteiger charge is 2.17. The standard InChI is InChI=1S/C15H29NO/c1-3-6-14-7-5-8-15(10-9-14)16-11-13-17-12-4-2/h4,14-16H,2-3,5-13H2,1H3. The van der Waals surface area contributed by atoms with Gasteiger partial charge in [0.15, 0.2) is 0 Å². The van der Waals surface area contributed by atoms with Crippen molar-refractivity contribution in [2.24, 2.45) is 5.92 Å². The highest BCUT2D eigenvalue weighted by molar-refractivity contribution is 4.74. The summed E-state index contributed by atoms with van der Waals surface area (Å²) in [5.41, 5.74) is 0. The van der Waals surface area contributed by atoms with E-state index in [1.165, 1.54) is 44.9 Å². The van der Waals surface area contributed by atoms with E-state index in [0.29, 0.717) is 6.61 Å². The molecule has 100 valence electrons. The van der Waals surface area contributed by atoms with Crippen molar-refractivity contribution in [3.63, 3.8) is 0 Å². The fourth-order valence-corrected chi connectivity index (χ4v) is 2.78. The number of hydrogen-bond acceptors (Lipinski definition) is 2. The molecule has 1 aliphatic rings. The summed E-state index contributed by atoms with van der Waals surface area (Å²) in [4.78, 5) is 0. The second-order valence-corrected chi connectivity index (χ2v) is 5.18. The van der Waals surface area contributed by atoms with Gasteiger partial charge in [0, 0.05) is 12.6 Å². The van der Waals surface area contributed by atoms with E-state index in [-0.39, 0.29) is 0 Å². The lowest BCUT2D eigenvalue weighted by Crippen LogP contribution is -2.31. The number of hydrogen-bond donors (Lipinski definition) is 1. The molecule has 1 N–H and O–H groups in total. The molecule has 2 nitrogen and oxygen atoms in total. The average Bonchev–Trinajstić information content (AvgIpc) is 2.55. The molecule has 17 heavy (non-hydrogen) atoms. The smallest absolute Gasteiger partial charge is 0.0645 e. The molecule has 0 aromatic heterocycles. The molecular weight excluding hydrogens is 210 g/mol. The minimum Gasteiger partial charge on any atom is -0.376 e. The predicted molar refractivity (Wildman–Crippen MR) is 74.3 cm³/mol. The van der Waals surface area contributed by atoms with E-state index in [1.807, 2.05) is 0 Å². The van der Waals surface area contributed by atoms with Crippen LogP contribution in [0.15, 0.2) is 12.7 Å². The Labute approximate surface area is 107 Å². The molecule has 0 bridgehead atoms. The van der Waals surface area contributed by atoms with E-state index in [0.717, 1.165) is 25.1 Å². The third-order valence-corrected chi connectivity index (χ3v) is 3.70. The van der Waals surface area contributed by atoms with Crippen LogP contribution in [-0.2, 0) is 4.74 Å². The summed E-state index contributed by atoms with van der Waals surface area (Å²) in [5, 5.41) is 3.62. The van der Waals surface area contributed by atoms with Crippen molar-refractivity contribution >= 4 is 0 Å². The summed E-state index contributed by atoms with van der Waals surface area (Å²) in [6.45, 7) is 8.41. The van der Waals surface area contributed by atoms with Crippen molar-refractivity contribution in [3.8, 4) is 0 Å². The molecule has 1 aliphatic carbocycles. The van der Waals surface area contributed by atoms with E-state index in [9.17, 15) is 0 Å². The van der Waals surface area contributed by atoms with Crippen LogP contribution in [0.2, 0.25) is 0 Å². The Bertz CT molecular complexity index is 193. The first-order valence-corrected chi connectivity index (χ1v) is 7.28. The molecule has 2 unspecified atom stereocenters. The molecule has 0 amide bonds. The van der Waals surface area contributed by atoms with Gasteiger partial charge in [-0.2, -0.15) is 0 Å². The quantitative estimate of drug-likeness (QED) is 0.397. The first-order chi connectivity index (χ1) is 8.36. The Morgan fingerprint density at radius 1 is 1.29 bits per heavy atom. The van der Waals surface area contributed by atoms with Crippen molar-refractivity contribution in [3.05, 3.63) is 12.7 Å². The topological polar surface area (TPSA) is 21.3 Å². The lowest BCUT2D eigenvalue weighted by Gasteiger charge is -2.16.